The van der Waals surface area contributed by atoms with E-state index in [1.807, 2.05) is 18.2 Å². The number of carbonyl (C=O) groups is 1. The molecule has 0 saturated heterocycles. The summed E-state index contributed by atoms with van der Waals surface area (Å²) in [6.45, 7) is 0. The van der Waals surface area contributed by atoms with Crippen LogP contribution in [0.1, 0.15) is 12.1 Å². The molecule has 0 saturated carbocycles. The Kier molecular flexibility index (Phi) is 6.83. The van der Waals surface area contributed by atoms with E-state index in [9.17, 15) is 4.79 Å². The molecule has 0 spiro atoms. The summed E-state index contributed by atoms with van der Waals surface area (Å²) in [6, 6.07) is 8.70. The van der Waals surface area contributed by atoms with E-state index in [1.165, 1.54) is 12.1 Å². The predicted octanol–water partition coefficient (Wildman–Crippen LogP) is 5.27. The Hall–Kier alpha value is -0.940. The second-order valence-electron chi connectivity index (χ2n) is 4.30. The zero-order valence-corrected chi connectivity index (χ0v) is 14.5. The third-order valence-corrected chi connectivity index (χ3v) is 4.38. The van der Waals surface area contributed by atoms with Crippen LogP contribution in [0, 0.1) is 0 Å². The lowest BCUT2D eigenvalue weighted by molar-refractivity contribution is -0.133. The van der Waals surface area contributed by atoms with Gasteiger partial charge in [0.25, 0.3) is 0 Å². The highest BCUT2D eigenvalue weighted by atomic mass is 35.5. The summed E-state index contributed by atoms with van der Waals surface area (Å²) in [5, 5.41) is 0.819. The molecule has 0 N–H and O–H groups in total. The summed E-state index contributed by atoms with van der Waals surface area (Å²) in [4.78, 5) is 16.0. The van der Waals surface area contributed by atoms with Crippen LogP contribution in [0.4, 0.5) is 0 Å². The van der Waals surface area contributed by atoms with Crippen molar-refractivity contribution < 1.29 is 9.53 Å². The van der Waals surface area contributed by atoms with Crippen LogP contribution in [-0.4, -0.2) is 16.7 Å². The van der Waals surface area contributed by atoms with Crippen molar-refractivity contribution in [3.63, 3.8) is 0 Å². The van der Waals surface area contributed by atoms with Crippen LogP contribution in [0.15, 0.2) is 36.5 Å². The molecular formula is C15H12Cl3NO2S. The fraction of sp³-hybridized carbons (Fsp3) is 0.200. The first-order valence-electron chi connectivity index (χ1n) is 6.39. The molecule has 0 amide bonds. The van der Waals surface area contributed by atoms with E-state index >= 15 is 0 Å². The molecule has 0 aliphatic heterocycles. The number of esters is 1. The van der Waals surface area contributed by atoms with Crippen molar-refractivity contribution in [1.29, 1.82) is 0 Å². The Balaban J connectivity index is 1.79. The third-order valence-electron chi connectivity index (χ3n) is 2.61. The second-order valence-corrected chi connectivity index (χ2v) is 6.65. The third kappa shape index (κ3) is 5.36. The number of pyridine rings is 1. The number of rotatable bonds is 6. The van der Waals surface area contributed by atoms with Gasteiger partial charge in [-0.25, -0.2) is 0 Å². The van der Waals surface area contributed by atoms with E-state index in [2.05, 4.69) is 4.98 Å². The molecule has 116 valence electrons. The molecule has 1 heterocycles. The summed E-state index contributed by atoms with van der Waals surface area (Å²) >= 11 is 19.3. The van der Waals surface area contributed by atoms with Gasteiger partial charge in [-0.15, -0.1) is 0 Å². The average molecular weight is 377 g/mol. The monoisotopic (exact) mass is 375 g/mol. The van der Waals surface area contributed by atoms with E-state index in [-0.39, 0.29) is 28.2 Å². The van der Waals surface area contributed by atoms with E-state index < -0.39 is 0 Å². The van der Waals surface area contributed by atoms with Gasteiger partial charge in [-0.05, 0) is 24.3 Å². The van der Waals surface area contributed by atoms with Crippen LogP contribution in [0.25, 0.3) is 0 Å². The molecule has 1 aromatic heterocycles. The molecule has 7 heteroatoms. The summed E-state index contributed by atoms with van der Waals surface area (Å²) in [6.07, 6.45) is 2.00. The summed E-state index contributed by atoms with van der Waals surface area (Å²) < 4.78 is 5.19. The Morgan fingerprint density at radius 2 is 1.91 bits per heavy atom. The summed E-state index contributed by atoms with van der Waals surface area (Å²) in [5.41, 5.74) is 0.977. The number of ether oxygens (including phenoxy) is 1. The first-order chi connectivity index (χ1) is 10.6. The molecule has 0 unspecified atom stereocenters. The van der Waals surface area contributed by atoms with Crippen molar-refractivity contribution in [3.8, 4) is 5.75 Å². The minimum Gasteiger partial charge on any atom is -0.423 e. The number of carbonyl (C=O) groups excluding carboxylic acids is 1. The topological polar surface area (TPSA) is 39.2 Å². The van der Waals surface area contributed by atoms with Crippen molar-refractivity contribution in [2.75, 3.05) is 5.75 Å². The molecule has 2 rings (SSSR count). The average Bonchev–Trinajstić information content (AvgIpc) is 2.48. The van der Waals surface area contributed by atoms with Crippen molar-refractivity contribution in [1.82, 2.24) is 4.98 Å². The smallest absolute Gasteiger partial charge is 0.312 e. The highest BCUT2D eigenvalue weighted by molar-refractivity contribution is 7.98. The van der Waals surface area contributed by atoms with Gasteiger partial charge in [0.05, 0.1) is 22.2 Å². The van der Waals surface area contributed by atoms with Crippen molar-refractivity contribution in [2.24, 2.45) is 0 Å². The van der Waals surface area contributed by atoms with Crippen LogP contribution >= 0.6 is 46.6 Å². The van der Waals surface area contributed by atoms with Crippen LogP contribution in [0.3, 0.4) is 0 Å². The van der Waals surface area contributed by atoms with Crippen LogP contribution in [0.2, 0.25) is 15.1 Å². The number of hydrogen-bond acceptors (Lipinski definition) is 4. The van der Waals surface area contributed by atoms with Gasteiger partial charge < -0.3 is 4.74 Å². The zero-order chi connectivity index (χ0) is 15.9. The number of thioether (sulfide) groups is 1. The first-order valence-corrected chi connectivity index (χ1v) is 8.68. The molecular weight excluding hydrogens is 365 g/mol. The highest BCUT2D eigenvalue weighted by Gasteiger charge is 2.13. The maximum Gasteiger partial charge on any atom is 0.312 e. The number of benzene rings is 1. The van der Waals surface area contributed by atoms with Crippen LogP contribution in [0.5, 0.6) is 5.75 Å². The Morgan fingerprint density at radius 1 is 1.18 bits per heavy atom. The standard InChI is InChI=1S/C15H12Cl3NO2S/c16-10-7-12(17)15(13(18)8-10)21-14(20)4-6-22-9-11-3-1-2-5-19-11/h1-3,5,7-8H,4,6,9H2. The SMILES string of the molecule is O=C(CCSCc1ccccn1)Oc1c(Cl)cc(Cl)cc1Cl. The maximum atomic E-state index is 11.8. The quantitative estimate of drug-likeness (QED) is 0.391. The summed E-state index contributed by atoms with van der Waals surface area (Å²) in [5.74, 6) is 1.13. The van der Waals surface area contributed by atoms with Gasteiger partial charge in [0, 0.05) is 22.7 Å². The molecule has 0 radical (unpaired) electrons. The molecule has 0 aliphatic rings. The predicted molar refractivity (Wildman–Crippen MR) is 92.1 cm³/mol. The van der Waals surface area contributed by atoms with E-state index in [0.717, 1.165) is 11.4 Å². The van der Waals surface area contributed by atoms with Crippen molar-refractivity contribution in [3.05, 3.63) is 57.3 Å². The van der Waals surface area contributed by atoms with Crippen molar-refractivity contribution >= 4 is 52.5 Å². The second kappa shape index (κ2) is 8.63. The van der Waals surface area contributed by atoms with Gasteiger partial charge in [0.15, 0.2) is 5.75 Å². The molecule has 0 fully saturated rings. The molecule has 0 atom stereocenters. The lowest BCUT2D eigenvalue weighted by Gasteiger charge is -2.08. The van der Waals surface area contributed by atoms with Gasteiger partial charge >= 0.3 is 5.97 Å². The maximum absolute atomic E-state index is 11.8. The molecule has 22 heavy (non-hydrogen) atoms. The minimum absolute atomic E-state index is 0.146. The largest absolute Gasteiger partial charge is 0.423 e. The minimum atomic E-state index is -0.389. The zero-order valence-electron chi connectivity index (χ0n) is 11.4. The van der Waals surface area contributed by atoms with E-state index in [1.54, 1.807) is 18.0 Å². The van der Waals surface area contributed by atoms with Gasteiger partial charge in [0.1, 0.15) is 0 Å². The normalized spacial score (nSPS) is 10.5. The number of halogens is 3. The first kappa shape index (κ1) is 17.4. The fourth-order valence-electron chi connectivity index (χ4n) is 1.61. The fourth-order valence-corrected chi connectivity index (χ4v) is 3.34. The van der Waals surface area contributed by atoms with Crippen LogP contribution < -0.4 is 4.74 Å². The van der Waals surface area contributed by atoms with Crippen molar-refractivity contribution in [2.45, 2.75) is 12.2 Å². The van der Waals surface area contributed by atoms with Gasteiger partial charge in [-0.1, -0.05) is 40.9 Å². The molecule has 3 nitrogen and oxygen atoms in total. The van der Waals surface area contributed by atoms with E-state index in [4.69, 9.17) is 39.5 Å². The van der Waals surface area contributed by atoms with Gasteiger partial charge in [-0.3, -0.25) is 9.78 Å². The number of hydrogen-bond donors (Lipinski definition) is 0. The Morgan fingerprint density at radius 3 is 2.55 bits per heavy atom. The molecule has 0 bridgehead atoms. The lowest BCUT2D eigenvalue weighted by atomic mass is 10.3. The molecule has 1 aromatic carbocycles. The number of nitrogens with zero attached hydrogens (tertiary/aromatic N) is 1. The summed E-state index contributed by atoms with van der Waals surface area (Å²) in [7, 11) is 0. The Labute approximate surface area is 147 Å². The lowest BCUT2D eigenvalue weighted by Crippen LogP contribution is -2.09. The molecule has 0 aliphatic carbocycles. The highest BCUT2D eigenvalue weighted by Crippen LogP contribution is 2.36. The molecule has 2 aromatic rings. The van der Waals surface area contributed by atoms with E-state index in [0.29, 0.717) is 10.8 Å². The van der Waals surface area contributed by atoms with Crippen LogP contribution in [-0.2, 0) is 10.5 Å². The van der Waals surface area contributed by atoms with Gasteiger partial charge in [0.2, 0.25) is 0 Å². The van der Waals surface area contributed by atoms with Gasteiger partial charge in [-0.2, -0.15) is 11.8 Å². The number of aromatic nitrogens is 1. The Bertz CT molecular complexity index is 629.